The van der Waals surface area contributed by atoms with E-state index in [2.05, 4.69) is 31.2 Å². The molecule has 0 radical (unpaired) electrons. The SMILES string of the molecule is CCCCCCOC/C(N)=C/C(=O)OCCC(c1ccccc1)c1ccccc1. The Morgan fingerprint density at radius 1 is 0.931 bits per heavy atom. The molecule has 2 aromatic carbocycles. The summed E-state index contributed by atoms with van der Waals surface area (Å²) >= 11 is 0. The fraction of sp³-hybridized carbons (Fsp3) is 0.400. The largest absolute Gasteiger partial charge is 0.462 e. The first kappa shape index (κ1) is 22.7. The number of hydrogen-bond donors (Lipinski definition) is 1. The molecule has 0 heterocycles. The van der Waals surface area contributed by atoms with Crippen LogP contribution in [-0.2, 0) is 14.3 Å². The van der Waals surface area contributed by atoms with Gasteiger partial charge in [0.15, 0.2) is 0 Å². The highest BCUT2D eigenvalue weighted by Gasteiger charge is 2.14. The van der Waals surface area contributed by atoms with Crippen molar-refractivity contribution in [3.63, 3.8) is 0 Å². The Balaban J connectivity index is 1.79. The van der Waals surface area contributed by atoms with Crippen LogP contribution in [0.2, 0.25) is 0 Å². The van der Waals surface area contributed by atoms with Crippen LogP contribution in [0.15, 0.2) is 72.4 Å². The maximum atomic E-state index is 12.0. The third kappa shape index (κ3) is 8.97. The van der Waals surface area contributed by atoms with Gasteiger partial charge in [-0.15, -0.1) is 0 Å². The summed E-state index contributed by atoms with van der Waals surface area (Å²) in [7, 11) is 0. The fourth-order valence-corrected chi connectivity index (χ4v) is 3.23. The van der Waals surface area contributed by atoms with E-state index >= 15 is 0 Å². The van der Waals surface area contributed by atoms with Crippen LogP contribution in [0, 0.1) is 0 Å². The molecule has 29 heavy (non-hydrogen) atoms. The average molecular weight is 396 g/mol. The Kier molecular flexibility index (Phi) is 10.6. The van der Waals surface area contributed by atoms with Crippen LogP contribution in [0.3, 0.4) is 0 Å². The topological polar surface area (TPSA) is 61.5 Å². The lowest BCUT2D eigenvalue weighted by molar-refractivity contribution is -0.138. The number of esters is 1. The number of carbonyl (C=O) groups is 1. The molecule has 0 spiro atoms. The summed E-state index contributed by atoms with van der Waals surface area (Å²) in [6.07, 6.45) is 6.63. The van der Waals surface area contributed by atoms with E-state index in [0.29, 0.717) is 25.3 Å². The van der Waals surface area contributed by atoms with Crippen molar-refractivity contribution >= 4 is 5.97 Å². The van der Waals surface area contributed by atoms with Gasteiger partial charge in [-0.2, -0.15) is 0 Å². The van der Waals surface area contributed by atoms with E-state index in [9.17, 15) is 4.79 Å². The van der Waals surface area contributed by atoms with E-state index in [0.717, 1.165) is 12.8 Å². The van der Waals surface area contributed by atoms with E-state index in [1.165, 1.54) is 30.0 Å². The molecule has 0 amide bonds. The normalized spacial score (nSPS) is 11.6. The van der Waals surface area contributed by atoms with Crippen molar-refractivity contribution in [3.05, 3.63) is 83.6 Å². The number of hydrogen-bond acceptors (Lipinski definition) is 4. The third-order valence-electron chi connectivity index (χ3n) is 4.77. The first-order valence-electron chi connectivity index (χ1n) is 10.5. The van der Waals surface area contributed by atoms with Crippen molar-refractivity contribution in [3.8, 4) is 0 Å². The van der Waals surface area contributed by atoms with Gasteiger partial charge in [0.25, 0.3) is 0 Å². The van der Waals surface area contributed by atoms with Crippen molar-refractivity contribution in [2.75, 3.05) is 19.8 Å². The molecule has 0 bridgehead atoms. The summed E-state index contributed by atoms with van der Waals surface area (Å²) in [5.41, 5.74) is 8.68. The molecular weight excluding hydrogens is 362 g/mol. The smallest absolute Gasteiger partial charge is 0.332 e. The lowest BCUT2D eigenvalue weighted by Gasteiger charge is -2.18. The average Bonchev–Trinajstić information content (AvgIpc) is 2.75. The van der Waals surface area contributed by atoms with Crippen LogP contribution in [-0.4, -0.2) is 25.8 Å². The maximum absolute atomic E-state index is 12.0. The van der Waals surface area contributed by atoms with Gasteiger partial charge < -0.3 is 15.2 Å². The quantitative estimate of drug-likeness (QED) is 0.288. The molecule has 2 N–H and O–H groups in total. The van der Waals surface area contributed by atoms with Crippen molar-refractivity contribution < 1.29 is 14.3 Å². The highest BCUT2D eigenvalue weighted by Crippen LogP contribution is 2.27. The first-order valence-corrected chi connectivity index (χ1v) is 10.5. The first-order chi connectivity index (χ1) is 14.2. The van der Waals surface area contributed by atoms with Crippen molar-refractivity contribution in [1.82, 2.24) is 0 Å². The second-order valence-corrected chi connectivity index (χ2v) is 7.16. The van der Waals surface area contributed by atoms with Gasteiger partial charge in [0.05, 0.1) is 13.2 Å². The Morgan fingerprint density at radius 2 is 1.55 bits per heavy atom. The fourth-order valence-electron chi connectivity index (χ4n) is 3.23. The van der Waals surface area contributed by atoms with Crippen molar-refractivity contribution in [2.24, 2.45) is 5.73 Å². The summed E-state index contributed by atoms with van der Waals surface area (Å²) in [5.74, 6) is -0.241. The minimum absolute atomic E-state index is 0.179. The zero-order valence-corrected chi connectivity index (χ0v) is 17.4. The van der Waals surface area contributed by atoms with Crippen molar-refractivity contribution in [2.45, 2.75) is 44.9 Å². The zero-order chi connectivity index (χ0) is 20.7. The van der Waals surface area contributed by atoms with E-state index in [4.69, 9.17) is 15.2 Å². The summed E-state index contributed by atoms with van der Waals surface area (Å²) in [5, 5.41) is 0. The van der Waals surface area contributed by atoms with Gasteiger partial charge in [0.2, 0.25) is 0 Å². The standard InChI is InChI=1S/C25H33NO3/c1-2-3-4-11-17-28-20-23(26)19-25(27)29-18-16-24(21-12-7-5-8-13-21)22-14-9-6-10-15-22/h5-10,12-15,19,24H,2-4,11,16-18,20,26H2,1H3/b23-19-. The minimum atomic E-state index is -0.419. The maximum Gasteiger partial charge on any atom is 0.332 e. The van der Waals surface area contributed by atoms with Gasteiger partial charge in [0, 0.05) is 24.3 Å². The second kappa shape index (κ2) is 13.6. The van der Waals surface area contributed by atoms with Gasteiger partial charge >= 0.3 is 5.97 Å². The summed E-state index contributed by atoms with van der Waals surface area (Å²) in [6.45, 7) is 3.43. The van der Waals surface area contributed by atoms with Crippen LogP contribution in [0.25, 0.3) is 0 Å². The summed E-state index contributed by atoms with van der Waals surface area (Å²) in [4.78, 5) is 12.0. The Bertz CT molecular complexity index is 689. The van der Waals surface area contributed by atoms with Crippen LogP contribution in [0.5, 0.6) is 0 Å². The van der Waals surface area contributed by atoms with Gasteiger partial charge in [-0.3, -0.25) is 0 Å². The molecule has 4 nitrogen and oxygen atoms in total. The van der Waals surface area contributed by atoms with Gasteiger partial charge in [-0.05, 0) is 24.0 Å². The number of unbranched alkanes of at least 4 members (excludes halogenated alkanes) is 3. The number of carbonyl (C=O) groups excluding carboxylic acids is 1. The van der Waals surface area contributed by atoms with E-state index in [1.54, 1.807) is 0 Å². The lowest BCUT2D eigenvalue weighted by Crippen LogP contribution is -2.13. The minimum Gasteiger partial charge on any atom is -0.462 e. The molecule has 2 aromatic rings. The third-order valence-corrected chi connectivity index (χ3v) is 4.77. The van der Waals surface area contributed by atoms with Gasteiger partial charge in [-0.1, -0.05) is 86.8 Å². The summed E-state index contributed by atoms with van der Waals surface area (Å²) < 4.78 is 10.9. The Labute approximate surface area is 174 Å². The number of ether oxygens (including phenoxy) is 2. The Morgan fingerprint density at radius 3 is 2.14 bits per heavy atom. The molecule has 0 aliphatic rings. The zero-order valence-electron chi connectivity index (χ0n) is 17.4. The lowest BCUT2D eigenvalue weighted by atomic mass is 9.89. The van der Waals surface area contributed by atoms with E-state index < -0.39 is 5.97 Å². The number of nitrogens with two attached hydrogens (primary N) is 1. The highest BCUT2D eigenvalue weighted by molar-refractivity contribution is 5.82. The van der Waals surface area contributed by atoms with Crippen molar-refractivity contribution in [1.29, 1.82) is 0 Å². The predicted octanol–water partition coefficient (Wildman–Crippen LogP) is 5.19. The molecule has 0 unspecified atom stereocenters. The monoisotopic (exact) mass is 395 g/mol. The molecule has 156 valence electrons. The molecule has 2 rings (SSSR count). The van der Waals surface area contributed by atoms with Crippen LogP contribution < -0.4 is 5.73 Å². The van der Waals surface area contributed by atoms with Crippen LogP contribution in [0.1, 0.15) is 56.1 Å². The van der Waals surface area contributed by atoms with Gasteiger partial charge in [0.1, 0.15) is 0 Å². The molecule has 0 saturated carbocycles. The molecule has 0 aliphatic carbocycles. The molecule has 0 aliphatic heterocycles. The second-order valence-electron chi connectivity index (χ2n) is 7.16. The predicted molar refractivity (Wildman–Crippen MR) is 118 cm³/mol. The van der Waals surface area contributed by atoms with E-state index in [-0.39, 0.29) is 12.5 Å². The molecule has 4 heteroatoms. The molecule has 0 atom stereocenters. The molecule has 0 aromatic heterocycles. The van der Waals surface area contributed by atoms with Gasteiger partial charge in [-0.25, -0.2) is 4.79 Å². The van der Waals surface area contributed by atoms with Crippen LogP contribution >= 0.6 is 0 Å². The number of rotatable bonds is 13. The molecule has 0 saturated heterocycles. The van der Waals surface area contributed by atoms with Crippen LogP contribution in [0.4, 0.5) is 0 Å². The summed E-state index contributed by atoms with van der Waals surface area (Å²) in [6, 6.07) is 20.6. The van der Waals surface area contributed by atoms with E-state index in [1.807, 2.05) is 36.4 Å². The molecule has 0 fully saturated rings. The molecular formula is C25H33NO3. The number of benzene rings is 2. The highest BCUT2D eigenvalue weighted by atomic mass is 16.5. The Hall–Kier alpha value is -2.59.